The number of hydrogen-bond acceptors (Lipinski definition) is 6. The van der Waals surface area contributed by atoms with Gasteiger partial charge < -0.3 is 14.1 Å². The molecule has 152 valence electrons. The Morgan fingerprint density at radius 3 is 2.38 bits per heavy atom. The Hall–Kier alpha value is -3.42. The van der Waals surface area contributed by atoms with Crippen molar-refractivity contribution in [3.8, 4) is 0 Å². The molecular weight excluding hydrogens is 379 g/mol. The van der Waals surface area contributed by atoms with E-state index in [2.05, 4.69) is 0 Å². The Balaban J connectivity index is 1.86. The Morgan fingerprint density at radius 2 is 1.79 bits per heavy atom. The highest BCUT2D eigenvalue weighted by molar-refractivity contribution is 6.32. The zero-order valence-electron chi connectivity index (χ0n) is 16.2. The molecule has 8 heteroatoms. The second kappa shape index (κ2) is 8.72. The smallest absolute Gasteiger partial charge is 0.311 e. The van der Waals surface area contributed by atoms with Crippen molar-refractivity contribution in [2.75, 3.05) is 18.0 Å². The van der Waals surface area contributed by atoms with Crippen LogP contribution < -0.4 is 4.90 Å². The predicted molar refractivity (Wildman–Crippen MR) is 102 cm³/mol. The average molecular weight is 400 g/mol. The number of carbonyl (C=O) groups excluding carboxylic acids is 3. The summed E-state index contributed by atoms with van der Waals surface area (Å²) in [5.74, 6) is -2.21. The summed E-state index contributed by atoms with van der Waals surface area (Å²) in [6.07, 6.45) is 1.80. The molecule has 0 saturated carbocycles. The fourth-order valence-electron chi connectivity index (χ4n) is 3.08. The number of rotatable bonds is 8. The molecule has 3 rings (SSSR count). The molecule has 0 saturated heterocycles. The van der Waals surface area contributed by atoms with Gasteiger partial charge in [-0.2, -0.15) is 0 Å². The normalized spacial score (nSPS) is 14.0. The first-order chi connectivity index (χ1) is 14.0. The van der Waals surface area contributed by atoms with Crippen LogP contribution in [0.15, 0.2) is 58.5 Å². The van der Waals surface area contributed by atoms with Gasteiger partial charge in [0.15, 0.2) is 5.70 Å². The molecular formula is C21H21FN2O5. The van der Waals surface area contributed by atoms with E-state index < -0.39 is 23.6 Å². The highest BCUT2D eigenvalue weighted by Gasteiger charge is 2.44. The Kier molecular flexibility index (Phi) is 6.11. The topological polar surface area (TPSA) is 80.1 Å². The molecule has 0 fully saturated rings. The lowest BCUT2D eigenvalue weighted by molar-refractivity contribution is -0.142. The number of imide groups is 1. The lowest BCUT2D eigenvalue weighted by Crippen LogP contribution is -2.35. The van der Waals surface area contributed by atoms with Gasteiger partial charge >= 0.3 is 11.9 Å². The number of ether oxygens (including phenoxy) is 1. The molecule has 0 N–H and O–H groups in total. The minimum absolute atomic E-state index is 0.0133. The number of likely N-dealkylation sites (N-methyl/N-ethyl adjacent to an activating group) is 1. The predicted octanol–water partition coefficient (Wildman–Crippen LogP) is 3.02. The number of carbonyl (C=O) groups is 3. The molecule has 1 aromatic carbocycles. The maximum absolute atomic E-state index is 13.2. The van der Waals surface area contributed by atoms with E-state index in [-0.39, 0.29) is 23.6 Å². The third-order valence-electron chi connectivity index (χ3n) is 4.55. The van der Waals surface area contributed by atoms with Crippen molar-refractivity contribution >= 4 is 23.5 Å². The molecule has 2 aromatic rings. The lowest BCUT2D eigenvalue weighted by atomic mass is 10.2. The molecule has 0 aliphatic carbocycles. The summed E-state index contributed by atoms with van der Waals surface area (Å²) in [5.41, 5.74) is 0.225. The van der Waals surface area contributed by atoms with Gasteiger partial charge in [-0.3, -0.25) is 14.4 Å². The molecule has 2 heterocycles. The van der Waals surface area contributed by atoms with Gasteiger partial charge in [0, 0.05) is 19.5 Å². The highest BCUT2D eigenvalue weighted by atomic mass is 19.1. The summed E-state index contributed by atoms with van der Waals surface area (Å²) in [6, 6.07) is 8.40. The molecule has 1 aliphatic rings. The number of benzene rings is 1. The number of anilines is 1. The zero-order valence-corrected chi connectivity index (χ0v) is 16.2. The molecule has 2 amide bonds. The van der Waals surface area contributed by atoms with E-state index >= 15 is 0 Å². The summed E-state index contributed by atoms with van der Waals surface area (Å²) in [5, 5.41) is 0. The van der Waals surface area contributed by atoms with Crippen molar-refractivity contribution in [2.24, 2.45) is 0 Å². The Bertz CT molecular complexity index is 930. The number of aryl methyl sites for hydroxylation is 1. The van der Waals surface area contributed by atoms with Crippen LogP contribution in [0.2, 0.25) is 0 Å². The van der Waals surface area contributed by atoms with Crippen LogP contribution in [-0.4, -0.2) is 35.8 Å². The van der Waals surface area contributed by atoms with Crippen LogP contribution in [0.4, 0.5) is 10.1 Å². The van der Waals surface area contributed by atoms with E-state index in [9.17, 15) is 18.8 Å². The van der Waals surface area contributed by atoms with E-state index in [0.717, 1.165) is 17.0 Å². The first-order valence-electron chi connectivity index (χ1n) is 9.32. The molecule has 1 aliphatic heterocycles. The summed E-state index contributed by atoms with van der Waals surface area (Å²) < 4.78 is 23.8. The summed E-state index contributed by atoms with van der Waals surface area (Å²) in [4.78, 5) is 40.8. The van der Waals surface area contributed by atoms with Gasteiger partial charge in [-0.15, -0.1) is 0 Å². The number of amides is 2. The van der Waals surface area contributed by atoms with E-state index in [1.54, 1.807) is 17.0 Å². The summed E-state index contributed by atoms with van der Waals surface area (Å²) in [6.45, 7) is 4.53. The largest absolute Gasteiger partial charge is 0.469 e. The van der Waals surface area contributed by atoms with Crippen LogP contribution in [0.3, 0.4) is 0 Å². The Morgan fingerprint density at radius 1 is 1.10 bits per heavy atom. The molecule has 0 spiro atoms. The SMILES string of the molecule is CCN(CC)C1=C(OC(=O)CCc2ccco2)C(=O)N(c2ccc(F)cc2)C1=O. The molecule has 7 nitrogen and oxygen atoms in total. The lowest BCUT2D eigenvalue weighted by Gasteiger charge is -2.22. The van der Waals surface area contributed by atoms with Crippen LogP contribution in [-0.2, 0) is 25.5 Å². The van der Waals surface area contributed by atoms with Crippen LogP contribution >= 0.6 is 0 Å². The van der Waals surface area contributed by atoms with Crippen LogP contribution in [0.25, 0.3) is 0 Å². The standard InChI is InChI=1S/C21H21FN2O5/c1-3-23(4-2)18-19(29-17(25)12-11-16-6-5-13-28-16)21(27)24(20(18)26)15-9-7-14(22)8-10-15/h5-10,13H,3-4,11-12H2,1-2H3. The van der Waals surface area contributed by atoms with Crippen molar-refractivity contribution in [3.05, 3.63) is 65.7 Å². The molecule has 29 heavy (non-hydrogen) atoms. The summed E-state index contributed by atoms with van der Waals surface area (Å²) >= 11 is 0. The molecule has 0 bridgehead atoms. The maximum Gasteiger partial charge on any atom is 0.311 e. The second-order valence-corrected chi connectivity index (χ2v) is 6.33. The second-order valence-electron chi connectivity index (χ2n) is 6.33. The van der Waals surface area contributed by atoms with Crippen molar-refractivity contribution in [2.45, 2.75) is 26.7 Å². The number of nitrogens with zero attached hydrogens (tertiary/aromatic N) is 2. The zero-order chi connectivity index (χ0) is 21.0. The van der Waals surface area contributed by atoms with E-state index in [1.807, 2.05) is 13.8 Å². The van der Waals surface area contributed by atoms with E-state index in [0.29, 0.717) is 25.3 Å². The Labute approximate surface area is 167 Å². The number of halogens is 1. The van der Waals surface area contributed by atoms with Crippen LogP contribution in [0.1, 0.15) is 26.0 Å². The van der Waals surface area contributed by atoms with Crippen molar-refractivity contribution < 1.29 is 27.9 Å². The minimum atomic E-state index is -0.755. The maximum atomic E-state index is 13.2. The summed E-state index contributed by atoms with van der Waals surface area (Å²) in [7, 11) is 0. The third kappa shape index (κ3) is 4.21. The van der Waals surface area contributed by atoms with Crippen LogP contribution in [0.5, 0.6) is 0 Å². The van der Waals surface area contributed by atoms with E-state index in [4.69, 9.17) is 9.15 Å². The number of hydrogen-bond donors (Lipinski definition) is 0. The highest BCUT2D eigenvalue weighted by Crippen LogP contribution is 2.30. The van der Waals surface area contributed by atoms with Gasteiger partial charge in [0.25, 0.3) is 5.91 Å². The van der Waals surface area contributed by atoms with Crippen molar-refractivity contribution in [1.82, 2.24) is 4.90 Å². The fourth-order valence-corrected chi connectivity index (χ4v) is 3.08. The van der Waals surface area contributed by atoms with Gasteiger partial charge in [-0.25, -0.2) is 9.29 Å². The van der Waals surface area contributed by atoms with E-state index in [1.165, 1.54) is 18.4 Å². The van der Waals surface area contributed by atoms with Crippen LogP contribution in [0, 0.1) is 5.82 Å². The van der Waals surface area contributed by atoms with Gasteiger partial charge in [-0.05, 0) is 50.2 Å². The average Bonchev–Trinajstić information content (AvgIpc) is 3.31. The molecule has 0 atom stereocenters. The number of furan rings is 1. The molecule has 1 aromatic heterocycles. The molecule has 0 unspecified atom stereocenters. The van der Waals surface area contributed by atoms with Gasteiger partial charge in [0.2, 0.25) is 5.76 Å². The monoisotopic (exact) mass is 400 g/mol. The van der Waals surface area contributed by atoms with Crippen molar-refractivity contribution in [1.29, 1.82) is 0 Å². The fraction of sp³-hybridized carbons (Fsp3) is 0.286. The van der Waals surface area contributed by atoms with Gasteiger partial charge in [0.05, 0.1) is 18.4 Å². The quantitative estimate of drug-likeness (QED) is 0.501. The number of esters is 1. The van der Waals surface area contributed by atoms with Gasteiger partial charge in [0.1, 0.15) is 11.6 Å². The van der Waals surface area contributed by atoms with Crippen molar-refractivity contribution in [3.63, 3.8) is 0 Å². The first kappa shape index (κ1) is 20.3. The first-order valence-corrected chi connectivity index (χ1v) is 9.32. The minimum Gasteiger partial charge on any atom is -0.469 e. The molecule has 0 radical (unpaired) electrons. The van der Waals surface area contributed by atoms with Gasteiger partial charge in [-0.1, -0.05) is 0 Å². The third-order valence-corrected chi connectivity index (χ3v) is 4.55.